The van der Waals surface area contributed by atoms with Crippen molar-refractivity contribution in [1.29, 1.82) is 0 Å². The van der Waals surface area contributed by atoms with Gasteiger partial charge in [-0.1, -0.05) is 6.07 Å². The van der Waals surface area contributed by atoms with Crippen LogP contribution in [0.15, 0.2) is 24.3 Å². The molecule has 4 heterocycles. The lowest BCUT2D eigenvalue weighted by Crippen LogP contribution is -2.62. The fourth-order valence-electron chi connectivity index (χ4n) is 5.86. The van der Waals surface area contributed by atoms with E-state index in [0.29, 0.717) is 17.1 Å². The van der Waals surface area contributed by atoms with Crippen molar-refractivity contribution in [1.82, 2.24) is 0 Å². The summed E-state index contributed by atoms with van der Waals surface area (Å²) in [5.74, 6) is 0.670. The third kappa shape index (κ3) is 6.15. The number of fused-ring (bicyclic) bond motifs is 2. The van der Waals surface area contributed by atoms with Gasteiger partial charge in [-0.25, -0.2) is 0 Å². The second-order valence-electron chi connectivity index (χ2n) is 11.3. The molecule has 11 atom stereocenters. The molecule has 4 aliphatic heterocycles. The van der Waals surface area contributed by atoms with E-state index in [9.17, 15) is 40.5 Å². The zero-order valence-electron chi connectivity index (χ0n) is 25.2. The van der Waals surface area contributed by atoms with Crippen LogP contribution in [0.2, 0.25) is 0 Å². The molecule has 17 heteroatoms. The number of carbonyl (C=O) groups is 1. The normalized spacial score (nSPS) is 34.7. The summed E-state index contributed by atoms with van der Waals surface area (Å²) in [6, 6.07) is 6.53. The molecule has 0 unspecified atom stereocenters. The maximum absolute atomic E-state index is 13.4. The second kappa shape index (κ2) is 13.6. The molecule has 2 saturated heterocycles. The van der Waals surface area contributed by atoms with Crippen molar-refractivity contribution < 1.29 is 83.2 Å². The highest BCUT2D eigenvalue weighted by Crippen LogP contribution is 2.50. The molecule has 0 aromatic heterocycles. The highest BCUT2D eigenvalue weighted by molar-refractivity contribution is 6.04. The molecule has 258 valence electrons. The van der Waals surface area contributed by atoms with Crippen molar-refractivity contribution in [3.05, 3.63) is 35.4 Å². The van der Waals surface area contributed by atoms with Crippen LogP contribution in [0.4, 0.5) is 0 Å². The number of aliphatic hydroxyl groups excluding tert-OH is 7. The molecule has 0 aliphatic carbocycles. The number of Topliss-reactive ketones (excluding diaryl/α,β-unsaturated/α-hetero) is 1. The first-order valence-corrected chi connectivity index (χ1v) is 14.7. The molecule has 17 nitrogen and oxygen atoms in total. The first kappa shape index (κ1) is 33.4. The van der Waals surface area contributed by atoms with Crippen molar-refractivity contribution in [3.8, 4) is 34.5 Å². The monoisotopic (exact) mass is 668 g/mol. The summed E-state index contributed by atoms with van der Waals surface area (Å²) in [5, 5.41) is 71.8. The Balaban J connectivity index is 1.23. The molecule has 2 fully saturated rings. The fraction of sp³-hybridized carbons (Fsp3) is 0.567. The number of carbonyl (C=O) groups excluding carboxylic acids is 1. The van der Waals surface area contributed by atoms with Gasteiger partial charge in [-0.2, -0.15) is 0 Å². The molecule has 7 N–H and O–H groups in total. The predicted octanol–water partition coefficient (Wildman–Crippen LogP) is -1.86. The minimum absolute atomic E-state index is 0.0116. The lowest BCUT2D eigenvalue weighted by Gasteiger charge is -2.42. The minimum Gasteiger partial charge on any atom is -0.492 e. The summed E-state index contributed by atoms with van der Waals surface area (Å²) in [7, 11) is 2.62. The zero-order valence-corrected chi connectivity index (χ0v) is 25.2. The van der Waals surface area contributed by atoms with E-state index in [1.807, 2.05) is 0 Å². The molecule has 4 aliphatic rings. The van der Waals surface area contributed by atoms with E-state index in [2.05, 4.69) is 0 Å². The summed E-state index contributed by atoms with van der Waals surface area (Å²) < 4.78 is 50.5. The number of methoxy groups -OCH3 is 2. The Morgan fingerprint density at radius 1 is 0.766 bits per heavy atom. The largest absolute Gasteiger partial charge is 0.492 e. The van der Waals surface area contributed by atoms with Crippen molar-refractivity contribution in [3.63, 3.8) is 0 Å². The van der Waals surface area contributed by atoms with Gasteiger partial charge in [0.1, 0.15) is 66.2 Å². The number of hydrogen-bond donors (Lipinski definition) is 7. The SMILES string of the molecule is COc1c(O[C@@H]2O[C@H](CO[C@@H]3O[C@H](CO)[C@@H](O)[C@H](O)[C@H]3O)[C@@H](O)[C@H](O)[C@H]2O)cc2c(c1OC)C(=O)C[C@@H](c1ccc3c(c1)OCO3)O2. The average Bonchev–Trinajstić information content (AvgIpc) is 3.55. The quantitative estimate of drug-likeness (QED) is 0.155. The van der Waals surface area contributed by atoms with E-state index in [-0.39, 0.29) is 47.6 Å². The van der Waals surface area contributed by atoms with Crippen LogP contribution in [-0.4, -0.2) is 137 Å². The molecular weight excluding hydrogens is 632 g/mol. The second-order valence-corrected chi connectivity index (χ2v) is 11.3. The van der Waals surface area contributed by atoms with Gasteiger partial charge in [0.15, 0.2) is 35.1 Å². The molecule has 6 rings (SSSR count). The Bertz CT molecular complexity index is 1450. The maximum atomic E-state index is 13.4. The Kier molecular flexibility index (Phi) is 9.64. The Labute approximate surface area is 267 Å². The van der Waals surface area contributed by atoms with Gasteiger partial charge in [-0.15, -0.1) is 0 Å². The summed E-state index contributed by atoms with van der Waals surface area (Å²) in [4.78, 5) is 13.4. The summed E-state index contributed by atoms with van der Waals surface area (Å²) in [6.45, 7) is -1.18. The molecule has 0 saturated carbocycles. The number of ketones is 1. The van der Waals surface area contributed by atoms with Crippen LogP contribution in [0.25, 0.3) is 0 Å². The summed E-state index contributed by atoms with van der Waals surface area (Å²) in [6.07, 6.45) is -17.0. The molecule has 0 radical (unpaired) electrons. The molecule has 47 heavy (non-hydrogen) atoms. The number of ether oxygens (including phenoxy) is 9. The number of hydrogen-bond acceptors (Lipinski definition) is 17. The standard InChI is InChI=1S/C30H36O17/c1-39-27-17(7-16-20(28(27)40-2)12(32)6-14(44-16)11-3-4-13-15(5-11)43-10-42-13)45-30-26(38)24(36)22(34)19(47-30)9-41-29-25(37)23(35)21(33)18(8-31)46-29/h3-5,7,14,18-19,21-26,29-31,33-38H,6,8-10H2,1-2H3/t14-,18+,19+,21+,22+,23-,24-,25+,26+,29+,30+/m0/s1. The molecule has 0 bridgehead atoms. The average molecular weight is 669 g/mol. The van der Waals surface area contributed by atoms with E-state index >= 15 is 0 Å². The Morgan fingerprint density at radius 3 is 2.13 bits per heavy atom. The van der Waals surface area contributed by atoms with Gasteiger partial charge in [0.25, 0.3) is 0 Å². The maximum Gasteiger partial charge on any atom is 0.231 e. The predicted molar refractivity (Wildman–Crippen MR) is 151 cm³/mol. The number of benzene rings is 2. The van der Waals surface area contributed by atoms with E-state index in [4.69, 9.17) is 42.6 Å². The third-order valence-electron chi connectivity index (χ3n) is 8.45. The fourth-order valence-corrected chi connectivity index (χ4v) is 5.86. The molecule has 2 aromatic rings. The van der Waals surface area contributed by atoms with Crippen LogP contribution in [0, 0.1) is 0 Å². The number of rotatable bonds is 9. The van der Waals surface area contributed by atoms with Gasteiger partial charge in [0.2, 0.25) is 18.8 Å². The van der Waals surface area contributed by atoms with Gasteiger partial charge in [0.05, 0.1) is 33.9 Å². The molecule has 2 aromatic carbocycles. The lowest BCUT2D eigenvalue weighted by molar-refractivity contribution is -0.323. The van der Waals surface area contributed by atoms with E-state index in [0.717, 1.165) is 0 Å². The van der Waals surface area contributed by atoms with Crippen LogP contribution in [-0.2, 0) is 14.2 Å². The smallest absolute Gasteiger partial charge is 0.231 e. The molecule has 0 spiro atoms. The van der Waals surface area contributed by atoms with Gasteiger partial charge in [0, 0.05) is 6.07 Å². The van der Waals surface area contributed by atoms with E-state index in [1.54, 1.807) is 18.2 Å². The van der Waals surface area contributed by atoms with Crippen molar-refractivity contribution >= 4 is 5.78 Å². The van der Waals surface area contributed by atoms with Gasteiger partial charge < -0.3 is 78.4 Å². The zero-order chi connectivity index (χ0) is 33.6. The van der Waals surface area contributed by atoms with Gasteiger partial charge >= 0.3 is 0 Å². The Hall–Kier alpha value is -3.49. The van der Waals surface area contributed by atoms with E-state index in [1.165, 1.54) is 20.3 Å². The topological polar surface area (TPSA) is 242 Å². The van der Waals surface area contributed by atoms with Crippen LogP contribution >= 0.6 is 0 Å². The first-order valence-electron chi connectivity index (χ1n) is 14.7. The van der Waals surface area contributed by atoms with Gasteiger partial charge in [-0.05, 0) is 17.7 Å². The van der Waals surface area contributed by atoms with E-state index < -0.39 is 80.7 Å². The van der Waals surface area contributed by atoms with Crippen LogP contribution in [0.1, 0.15) is 28.4 Å². The third-order valence-corrected chi connectivity index (χ3v) is 8.45. The summed E-state index contributed by atoms with van der Waals surface area (Å²) >= 11 is 0. The molecule has 0 amide bonds. The van der Waals surface area contributed by atoms with Crippen molar-refractivity contribution in [2.45, 2.75) is 73.9 Å². The summed E-state index contributed by atoms with van der Waals surface area (Å²) in [5.41, 5.74) is 0.746. The minimum atomic E-state index is -1.81. The van der Waals surface area contributed by atoms with Crippen molar-refractivity contribution in [2.24, 2.45) is 0 Å². The van der Waals surface area contributed by atoms with Gasteiger partial charge in [-0.3, -0.25) is 4.79 Å². The molecular formula is C30H36O17. The van der Waals surface area contributed by atoms with Crippen LogP contribution < -0.4 is 28.4 Å². The Morgan fingerprint density at radius 2 is 1.43 bits per heavy atom. The lowest BCUT2D eigenvalue weighted by atomic mass is 9.94. The van der Waals surface area contributed by atoms with Crippen LogP contribution in [0.5, 0.6) is 34.5 Å². The van der Waals surface area contributed by atoms with Crippen LogP contribution in [0.3, 0.4) is 0 Å². The van der Waals surface area contributed by atoms with Crippen molar-refractivity contribution in [2.75, 3.05) is 34.2 Å². The highest BCUT2D eigenvalue weighted by Gasteiger charge is 2.48. The number of aliphatic hydroxyl groups is 7. The highest BCUT2D eigenvalue weighted by atomic mass is 16.7. The first-order chi connectivity index (χ1) is 22.6.